The number of rotatable bonds is 2. The molecule has 0 unspecified atom stereocenters. The number of nitrogens with one attached hydrogen (secondary N) is 1. The SMILES string of the molecule is Cc1nc(C(=O)N2CCC(C(N)=O)CC2)n[nH]1. The van der Waals surface area contributed by atoms with Crippen molar-refractivity contribution in [1.29, 1.82) is 0 Å². The van der Waals surface area contributed by atoms with Gasteiger partial charge in [-0.05, 0) is 19.8 Å². The summed E-state index contributed by atoms with van der Waals surface area (Å²) in [6.07, 6.45) is 1.23. The quantitative estimate of drug-likeness (QED) is 0.720. The van der Waals surface area contributed by atoms with Crippen molar-refractivity contribution < 1.29 is 9.59 Å². The van der Waals surface area contributed by atoms with E-state index in [2.05, 4.69) is 15.2 Å². The normalized spacial score (nSPS) is 17.1. The first kappa shape index (κ1) is 11.6. The van der Waals surface area contributed by atoms with Crippen molar-refractivity contribution in [2.75, 3.05) is 13.1 Å². The topological polar surface area (TPSA) is 105 Å². The van der Waals surface area contributed by atoms with Gasteiger partial charge in [0, 0.05) is 19.0 Å². The van der Waals surface area contributed by atoms with Gasteiger partial charge in [0.15, 0.2) is 0 Å². The van der Waals surface area contributed by atoms with Crippen molar-refractivity contribution in [1.82, 2.24) is 20.1 Å². The van der Waals surface area contributed by atoms with Gasteiger partial charge in [-0.1, -0.05) is 0 Å². The highest BCUT2D eigenvalue weighted by molar-refractivity contribution is 5.90. The average molecular weight is 237 g/mol. The third kappa shape index (κ3) is 2.43. The van der Waals surface area contributed by atoms with Gasteiger partial charge < -0.3 is 10.6 Å². The summed E-state index contributed by atoms with van der Waals surface area (Å²) in [6, 6.07) is 0. The molecule has 0 radical (unpaired) electrons. The van der Waals surface area contributed by atoms with Crippen LogP contribution >= 0.6 is 0 Å². The maximum Gasteiger partial charge on any atom is 0.293 e. The number of aromatic nitrogens is 3. The molecule has 1 fully saturated rings. The fourth-order valence-electron chi connectivity index (χ4n) is 1.95. The molecule has 17 heavy (non-hydrogen) atoms. The highest BCUT2D eigenvalue weighted by Gasteiger charge is 2.27. The number of carbonyl (C=O) groups is 2. The molecular weight excluding hydrogens is 222 g/mol. The van der Waals surface area contributed by atoms with Crippen LogP contribution in [0, 0.1) is 12.8 Å². The van der Waals surface area contributed by atoms with Gasteiger partial charge in [0.2, 0.25) is 11.7 Å². The van der Waals surface area contributed by atoms with Gasteiger partial charge in [0.1, 0.15) is 5.82 Å². The van der Waals surface area contributed by atoms with Gasteiger partial charge in [-0.25, -0.2) is 4.98 Å². The van der Waals surface area contributed by atoms with Crippen LogP contribution in [0.1, 0.15) is 29.3 Å². The molecule has 7 nitrogen and oxygen atoms in total. The standard InChI is InChI=1S/C10H15N5O2/c1-6-12-9(14-13-6)10(17)15-4-2-7(3-5-15)8(11)16/h7H,2-5H2,1H3,(H2,11,16)(H,12,13,14). The minimum Gasteiger partial charge on any atom is -0.369 e. The molecule has 1 aliphatic heterocycles. The van der Waals surface area contributed by atoms with Crippen molar-refractivity contribution in [2.24, 2.45) is 11.7 Å². The second kappa shape index (κ2) is 4.52. The van der Waals surface area contributed by atoms with Crippen LogP contribution in [0.25, 0.3) is 0 Å². The van der Waals surface area contributed by atoms with Crippen LogP contribution in [0.2, 0.25) is 0 Å². The first-order valence-corrected chi connectivity index (χ1v) is 5.55. The van der Waals surface area contributed by atoms with Crippen molar-refractivity contribution >= 4 is 11.8 Å². The Morgan fingerprint density at radius 1 is 1.41 bits per heavy atom. The zero-order valence-corrected chi connectivity index (χ0v) is 9.64. The van der Waals surface area contributed by atoms with E-state index in [1.165, 1.54) is 0 Å². The molecule has 92 valence electrons. The Labute approximate surface area is 98.4 Å². The number of hydrogen-bond donors (Lipinski definition) is 2. The van der Waals surface area contributed by atoms with E-state index in [1.54, 1.807) is 11.8 Å². The van der Waals surface area contributed by atoms with Crippen molar-refractivity contribution in [3.63, 3.8) is 0 Å². The van der Waals surface area contributed by atoms with Crippen molar-refractivity contribution in [3.8, 4) is 0 Å². The molecular formula is C10H15N5O2. The lowest BCUT2D eigenvalue weighted by Gasteiger charge is -2.29. The molecule has 0 aliphatic carbocycles. The van der Waals surface area contributed by atoms with Gasteiger partial charge in [0.25, 0.3) is 5.91 Å². The zero-order valence-electron chi connectivity index (χ0n) is 9.64. The summed E-state index contributed by atoms with van der Waals surface area (Å²) in [6.45, 7) is 2.79. The lowest BCUT2D eigenvalue weighted by molar-refractivity contribution is -0.123. The fourth-order valence-corrected chi connectivity index (χ4v) is 1.95. The Morgan fingerprint density at radius 3 is 2.53 bits per heavy atom. The van der Waals surface area contributed by atoms with Crippen LogP contribution in [0.3, 0.4) is 0 Å². The number of primary amides is 1. The highest BCUT2D eigenvalue weighted by atomic mass is 16.2. The lowest BCUT2D eigenvalue weighted by atomic mass is 9.96. The Kier molecular flexibility index (Phi) is 3.08. The molecule has 0 atom stereocenters. The molecule has 2 heterocycles. The van der Waals surface area contributed by atoms with E-state index in [1.807, 2.05) is 0 Å². The molecule has 0 bridgehead atoms. The zero-order chi connectivity index (χ0) is 12.4. The molecule has 1 aromatic heterocycles. The van der Waals surface area contributed by atoms with Gasteiger partial charge in [-0.15, -0.1) is 5.10 Å². The minimum absolute atomic E-state index is 0.118. The summed E-state index contributed by atoms with van der Waals surface area (Å²) in [5.74, 6) is 0.191. The molecule has 7 heteroatoms. The number of aryl methyl sites for hydroxylation is 1. The maximum absolute atomic E-state index is 12.0. The number of carbonyl (C=O) groups excluding carboxylic acids is 2. The van der Waals surface area contributed by atoms with Crippen LogP contribution in [0.5, 0.6) is 0 Å². The highest BCUT2D eigenvalue weighted by Crippen LogP contribution is 2.17. The Balaban J connectivity index is 1.97. The van der Waals surface area contributed by atoms with Gasteiger partial charge >= 0.3 is 0 Å². The molecule has 1 aliphatic rings. The van der Waals surface area contributed by atoms with E-state index < -0.39 is 0 Å². The van der Waals surface area contributed by atoms with Gasteiger partial charge in [0.05, 0.1) is 0 Å². The summed E-state index contributed by atoms with van der Waals surface area (Å²) >= 11 is 0. The third-order valence-corrected chi connectivity index (χ3v) is 2.97. The number of likely N-dealkylation sites (tertiary alicyclic amines) is 1. The molecule has 0 aromatic carbocycles. The Hall–Kier alpha value is -1.92. The summed E-state index contributed by atoms with van der Waals surface area (Å²) in [5, 5.41) is 6.46. The molecule has 2 amide bonds. The molecule has 0 spiro atoms. The Bertz CT molecular complexity index is 434. The molecule has 3 N–H and O–H groups in total. The summed E-state index contributed by atoms with van der Waals surface area (Å²) in [7, 11) is 0. The van der Waals surface area contributed by atoms with Crippen LogP contribution in [0.15, 0.2) is 0 Å². The predicted octanol–water partition coefficient (Wildman–Crippen LogP) is -0.549. The molecule has 1 aromatic rings. The number of aromatic amines is 1. The number of nitrogens with two attached hydrogens (primary N) is 1. The van der Waals surface area contributed by atoms with Crippen LogP contribution in [-0.4, -0.2) is 45.0 Å². The first-order valence-electron chi connectivity index (χ1n) is 5.55. The first-order chi connectivity index (χ1) is 8.08. The number of piperidine rings is 1. The molecule has 1 saturated heterocycles. The van der Waals surface area contributed by atoms with Gasteiger partial charge in [-0.2, -0.15) is 0 Å². The van der Waals surface area contributed by atoms with Crippen LogP contribution in [-0.2, 0) is 4.79 Å². The van der Waals surface area contributed by atoms with Crippen molar-refractivity contribution in [3.05, 3.63) is 11.6 Å². The monoisotopic (exact) mass is 237 g/mol. The van der Waals surface area contributed by atoms with E-state index in [0.717, 1.165) is 0 Å². The number of nitrogens with zero attached hydrogens (tertiary/aromatic N) is 3. The van der Waals surface area contributed by atoms with Crippen molar-refractivity contribution in [2.45, 2.75) is 19.8 Å². The maximum atomic E-state index is 12.0. The average Bonchev–Trinajstić information content (AvgIpc) is 2.75. The van der Waals surface area contributed by atoms with E-state index in [0.29, 0.717) is 31.8 Å². The minimum atomic E-state index is -0.286. The summed E-state index contributed by atoms with van der Waals surface area (Å²) < 4.78 is 0. The molecule has 2 rings (SSSR count). The fraction of sp³-hybridized carbons (Fsp3) is 0.600. The van der Waals surface area contributed by atoms with Crippen LogP contribution in [0.4, 0.5) is 0 Å². The predicted molar refractivity (Wildman–Crippen MR) is 58.9 cm³/mol. The number of H-pyrrole nitrogens is 1. The second-order valence-corrected chi connectivity index (χ2v) is 4.21. The Morgan fingerprint density at radius 2 is 2.06 bits per heavy atom. The molecule has 0 saturated carbocycles. The third-order valence-electron chi connectivity index (χ3n) is 2.97. The largest absolute Gasteiger partial charge is 0.369 e. The van der Waals surface area contributed by atoms with Gasteiger partial charge in [-0.3, -0.25) is 14.7 Å². The second-order valence-electron chi connectivity index (χ2n) is 4.21. The van der Waals surface area contributed by atoms with E-state index in [9.17, 15) is 9.59 Å². The summed E-state index contributed by atoms with van der Waals surface area (Å²) in [4.78, 5) is 28.6. The van der Waals surface area contributed by atoms with Crippen LogP contribution < -0.4 is 5.73 Å². The number of hydrogen-bond acceptors (Lipinski definition) is 4. The van der Waals surface area contributed by atoms with E-state index in [-0.39, 0.29) is 23.6 Å². The smallest absolute Gasteiger partial charge is 0.293 e. The summed E-state index contributed by atoms with van der Waals surface area (Å²) in [5.41, 5.74) is 5.23. The lowest BCUT2D eigenvalue weighted by Crippen LogP contribution is -2.42. The van der Waals surface area contributed by atoms with E-state index in [4.69, 9.17) is 5.73 Å². The number of amides is 2. The van der Waals surface area contributed by atoms with E-state index >= 15 is 0 Å².